The van der Waals surface area contributed by atoms with Crippen LogP contribution in [0.15, 0.2) is 22.9 Å². The molecule has 6 heteroatoms. The lowest BCUT2D eigenvalue weighted by atomic mass is 10.2. The molecule has 2 heterocycles. The molecule has 5 nitrogen and oxygen atoms in total. The molecule has 2 rings (SSSR count). The molecule has 0 aromatic carbocycles. The highest BCUT2D eigenvalue weighted by atomic mass is 32.1. The van der Waals surface area contributed by atoms with Gasteiger partial charge >= 0.3 is 0 Å². The summed E-state index contributed by atoms with van der Waals surface area (Å²) in [4.78, 5) is 11.8. The monoisotopic (exact) mass is 265 g/mol. The average Bonchev–Trinajstić information content (AvgIpc) is 2.97. The van der Waals surface area contributed by atoms with Crippen molar-refractivity contribution in [2.45, 2.75) is 13.0 Å². The molecule has 0 aliphatic carbocycles. The van der Waals surface area contributed by atoms with Crippen LogP contribution >= 0.6 is 11.3 Å². The van der Waals surface area contributed by atoms with Crippen molar-refractivity contribution in [3.63, 3.8) is 0 Å². The van der Waals surface area contributed by atoms with Gasteiger partial charge in [0, 0.05) is 19.3 Å². The van der Waals surface area contributed by atoms with Crippen LogP contribution in [0.3, 0.4) is 0 Å². The van der Waals surface area contributed by atoms with Gasteiger partial charge in [-0.3, -0.25) is 9.48 Å². The predicted molar refractivity (Wildman–Crippen MR) is 69.6 cm³/mol. The quantitative estimate of drug-likeness (QED) is 0.874. The lowest BCUT2D eigenvalue weighted by Gasteiger charge is -2.09. The minimum atomic E-state index is -0.676. The highest BCUT2D eigenvalue weighted by Gasteiger charge is 2.13. The molecule has 0 bridgehead atoms. The Balaban J connectivity index is 1.92. The van der Waals surface area contributed by atoms with Gasteiger partial charge in [-0.05, 0) is 35.4 Å². The lowest BCUT2D eigenvalue weighted by molar-refractivity contribution is 0.0911. The Morgan fingerprint density at radius 2 is 2.44 bits per heavy atom. The highest BCUT2D eigenvalue weighted by molar-refractivity contribution is 7.07. The number of hydrogen-bond acceptors (Lipinski definition) is 4. The lowest BCUT2D eigenvalue weighted by Crippen LogP contribution is -2.28. The van der Waals surface area contributed by atoms with Crippen LogP contribution in [0, 0.1) is 6.92 Å². The fourth-order valence-electron chi connectivity index (χ4n) is 1.53. The van der Waals surface area contributed by atoms with Gasteiger partial charge in [0.15, 0.2) is 0 Å². The molecular weight excluding hydrogens is 250 g/mol. The van der Waals surface area contributed by atoms with E-state index < -0.39 is 6.10 Å². The molecule has 18 heavy (non-hydrogen) atoms. The summed E-state index contributed by atoms with van der Waals surface area (Å²) in [6.07, 6.45) is -0.676. The van der Waals surface area contributed by atoms with E-state index in [1.165, 1.54) is 11.3 Å². The van der Waals surface area contributed by atoms with Crippen LogP contribution in [0.2, 0.25) is 0 Å². The predicted octanol–water partition coefficient (Wildman–Crippen LogP) is 1.25. The molecule has 0 radical (unpaired) electrons. The molecule has 0 aliphatic rings. The fraction of sp³-hybridized carbons (Fsp3) is 0.333. The Bertz CT molecular complexity index is 514. The summed E-state index contributed by atoms with van der Waals surface area (Å²) in [6, 6.07) is 3.55. The molecule has 0 spiro atoms. The third kappa shape index (κ3) is 2.77. The molecule has 1 amide bonds. The van der Waals surface area contributed by atoms with Crippen LogP contribution in [0.4, 0.5) is 0 Å². The van der Waals surface area contributed by atoms with Gasteiger partial charge in [-0.2, -0.15) is 16.4 Å². The van der Waals surface area contributed by atoms with E-state index in [9.17, 15) is 9.90 Å². The zero-order chi connectivity index (χ0) is 13.1. The van der Waals surface area contributed by atoms with Gasteiger partial charge in [0.05, 0.1) is 6.10 Å². The molecule has 2 aromatic heterocycles. The third-order valence-corrected chi connectivity index (χ3v) is 3.43. The van der Waals surface area contributed by atoms with E-state index in [-0.39, 0.29) is 12.5 Å². The van der Waals surface area contributed by atoms with Crippen molar-refractivity contribution in [3.8, 4) is 0 Å². The zero-order valence-electron chi connectivity index (χ0n) is 10.3. The number of aliphatic hydroxyl groups is 1. The highest BCUT2D eigenvalue weighted by Crippen LogP contribution is 2.15. The minimum Gasteiger partial charge on any atom is -0.387 e. The molecule has 0 saturated heterocycles. The van der Waals surface area contributed by atoms with Crippen LogP contribution < -0.4 is 5.32 Å². The normalized spacial score (nSPS) is 12.4. The van der Waals surface area contributed by atoms with E-state index in [4.69, 9.17) is 0 Å². The number of hydrogen-bond donors (Lipinski definition) is 2. The van der Waals surface area contributed by atoms with E-state index in [0.717, 1.165) is 11.3 Å². The van der Waals surface area contributed by atoms with Gasteiger partial charge < -0.3 is 10.4 Å². The standard InChI is InChI=1S/C12H15N3O2S/c1-8-5-10(14-15(8)2)12(17)13-6-11(16)9-3-4-18-7-9/h3-5,7,11,16H,6H2,1-2H3,(H,13,17). The maximum atomic E-state index is 11.8. The second-order valence-corrected chi connectivity index (χ2v) is 4.86. The van der Waals surface area contributed by atoms with Gasteiger partial charge in [-0.25, -0.2) is 0 Å². The third-order valence-electron chi connectivity index (χ3n) is 2.73. The van der Waals surface area contributed by atoms with Crippen molar-refractivity contribution < 1.29 is 9.90 Å². The topological polar surface area (TPSA) is 67.2 Å². The summed E-state index contributed by atoms with van der Waals surface area (Å²) < 4.78 is 1.64. The SMILES string of the molecule is Cc1cc(C(=O)NCC(O)c2ccsc2)nn1C. The first-order chi connectivity index (χ1) is 8.58. The number of nitrogens with zero attached hydrogens (tertiary/aromatic N) is 2. The van der Waals surface area contributed by atoms with E-state index in [1.807, 2.05) is 23.8 Å². The largest absolute Gasteiger partial charge is 0.387 e. The molecule has 96 valence electrons. The first kappa shape index (κ1) is 12.8. The van der Waals surface area contributed by atoms with Gasteiger partial charge in [0.25, 0.3) is 5.91 Å². The molecule has 2 N–H and O–H groups in total. The van der Waals surface area contributed by atoms with Crippen LogP contribution in [-0.2, 0) is 7.05 Å². The molecule has 1 atom stereocenters. The zero-order valence-corrected chi connectivity index (χ0v) is 11.1. The fourth-order valence-corrected chi connectivity index (χ4v) is 2.24. The minimum absolute atomic E-state index is 0.186. The first-order valence-electron chi connectivity index (χ1n) is 5.57. The Labute approximate surface area is 109 Å². The number of amides is 1. The number of carbonyl (C=O) groups is 1. The first-order valence-corrected chi connectivity index (χ1v) is 6.51. The van der Waals surface area contributed by atoms with Crippen LogP contribution in [0.25, 0.3) is 0 Å². The van der Waals surface area contributed by atoms with E-state index >= 15 is 0 Å². The molecular formula is C12H15N3O2S. The van der Waals surface area contributed by atoms with Crippen molar-refractivity contribution in [1.29, 1.82) is 0 Å². The summed E-state index contributed by atoms with van der Waals surface area (Å²) in [5, 5.41) is 20.3. The van der Waals surface area contributed by atoms with Crippen molar-refractivity contribution in [2.24, 2.45) is 7.05 Å². The van der Waals surface area contributed by atoms with Crippen LogP contribution in [0.1, 0.15) is 27.8 Å². The molecule has 0 saturated carbocycles. The Morgan fingerprint density at radius 1 is 1.67 bits per heavy atom. The van der Waals surface area contributed by atoms with Crippen molar-refractivity contribution in [3.05, 3.63) is 39.8 Å². The molecule has 1 unspecified atom stereocenters. The number of thiophene rings is 1. The van der Waals surface area contributed by atoms with Crippen molar-refractivity contribution in [1.82, 2.24) is 15.1 Å². The van der Waals surface area contributed by atoms with Gasteiger partial charge in [-0.15, -0.1) is 0 Å². The average molecular weight is 265 g/mol. The number of aliphatic hydroxyl groups excluding tert-OH is 1. The van der Waals surface area contributed by atoms with Crippen LogP contribution in [-0.4, -0.2) is 27.3 Å². The Morgan fingerprint density at radius 3 is 3.00 bits per heavy atom. The maximum Gasteiger partial charge on any atom is 0.271 e. The van der Waals surface area contributed by atoms with Gasteiger partial charge in [0.2, 0.25) is 0 Å². The molecule has 2 aromatic rings. The number of aryl methyl sites for hydroxylation is 2. The number of aromatic nitrogens is 2. The summed E-state index contributed by atoms with van der Waals surface area (Å²) >= 11 is 1.52. The summed E-state index contributed by atoms with van der Waals surface area (Å²) in [6.45, 7) is 2.06. The summed E-state index contributed by atoms with van der Waals surface area (Å²) in [5.41, 5.74) is 2.10. The Hall–Kier alpha value is -1.66. The maximum absolute atomic E-state index is 11.8. The second-order valence-electron chi connectivity index (χ2n) is 4.08. The molecule has 0 fully saturated rings. The summed E-state index contributed by atoms with van der Waals surface area (Å²) in [7, 11) is 1.78. The van der Waals surface area contributed by atoms with E-state index in [1.54, 1.807) is 17.8 Å². The smallest absolute Gasteiger partial charge is 0.271 e. The van der Waals surface area contributed by atoms with Gasteiger partial charge in [-0.1, -0.05) is 0 Å². The van der Waals surface area contributed by atoms with E-state index in [2.05, 4.69) is 10.4 Å². The number of rotatable bonds is 4. The van der Waals surface area contributed by atoms with Crippen LogP contribution in [0.5, 0.6) is 0 Å². The van der Waals surface area contributed by atoms with Crippen molar-refractivity contribution in [2.75, 3.05) is 6.54 Å². The summed E-state index contributed by atoms with van der Waals surface area (Å²) in [5.74, 6) is -0.270. The van der Waals surface area contributed by atoms with E-state index in [0.29, 0.717) is 5.69 Å². The number of carbonyl (C=O) groups excluding carboxylic acids is 1. The number of nitrogens with one attached hydrogen (secondary N) is 1. The Kier molecular flexibility index (Phi) is 3.78. The second kappa shape index (κ2) is 5.32. The van der Waals surface area contributed by atoms with Crippen molar-refractivity contribution >= 4 is 17.2 Å². The molecule has 0 aliphatic heterocycles. The van der Waals surface area contributed by atoms with Gasteiger partial charge in [0.1, 0.15) is 5.69 Å².